The van der Waals surface area contributed by atoms with Crippen molar-refractivity contribution in [3.8, 4) is 11.5 Å². The van der Waals surface area contributed by atoms with Crippen molar-refractivity contribution in [1.29, 1.82) is 0 Å². The standard InChI is InChI=1S/C23H24ClN3O4/c24-16-5-6-19-18(11-16)26-23(31-19)15-7-9-27(10-8-15)13-22(28)25-12-17-14-29-20-3-1-2-4-21(20)30-17/h1-6,11,15,17H,7-10,12-14H2,(H,25,28). The number of rotatable bonds is 5. The zero-order chi connectivity index (χ0) is 21.2. The fraction of sp³-hybridized carbons (Fsp3) is 0.391. The lowest BCUT2D eigenvalue weighted by Gasteiger charge is -2.30. The monoisotopic (exact) mass is 441 g/mol. The number of carbonyl (C=O) groups is 1. The molecule has 2 aliphatic rings. The first-order valence-electron chi connectivity index (χ1n) is 10.6. The highest BCUT2D eigenvalue weighted by atomic mass is 35.5. The van der Waals surface area contributed by atoms with Gasteiger partial charge in [-0.3, -0.25) is 9.69 Å². The van der Waals surface area contributed by atoms with E-state index in [2.05, 4.69) is 15.2 Å². The summed E-state index contributed by atoms with van der Waals surface area (Å²) in [5, 5.41) is 3.62. The Hall–Kier alpha value is -2.77. The average Bonchev–Trinajstić information content (AvgIpc) is 3.21. The Morgan fingerprint density at radius 3 is 2.81 bits per heavy atom. The molecule has 3 heterocycles. The number of ether oxygens (including phenoxy) is 2. The van der Waals surface area contributed by atoms with Crippen LogP contribution in [0.5, 0.6) is 11.5 Å². The van der Waals surface area contributed by atoms with Gasteiger partial charge in [0.2, 0.25) is 5.91 Å². The van der Waals surface area contributed by atoms with Crippen LogP contribution >= 0.6 is 11.6 Å². The summed E-state index contributed by atoms with van der Waals surface area (Å²) in [6.45, 7) is 2.88. The van der Waals surface area contributed by atoms with E-state index in [1.165, 1.54) is 0 Å². The van der Waals surface area contributed by atoms with Gasteiger partial charge in [0.15, 0.2) is 23.0 Å². The van der Waals surface area contributed by atoms with E-state index in [9.17, 15) is 4.79 Å². The average molecular weight is 442 g/mol. The first-order valence-corrected chi connectivity index (χ1v) is 11.0. The molecule has 31 heavy (non-hydrogen) atoms. The highest BCUT2D eigenvalue weighted by Crippen LogP contribution is 2.31. The molecule has 0 saturated carbocycles. The quantitative estimate of drug-likeness (QED) is 0.651. The van der Waals surface area contributed by atoms with Gasteiger partial charge in [-0.2, -0.15) is 0 Å². The minimum Gasteiger partial charge on any atom is -0.486 e. The second kappa shape index (κ2) is 8.77. The molecular weight excluding hydrogens is 418 g/mol. The van der Waals surface area contributed by atoms with Crippen molar-refractivity contribution in [2.24, 2.45) is 0 Å². The fourth-order valence-corrected chi connectivity index (χ4v) is 4.25. The number of hydrogen-bond acceptors (Lipinski definition) is 6. The predicted octanol–water partition coefficient (Wildman–Crippen LogP) is 3.62. The third-order valence-corrected chi connectivity index (χ3v) is 6.00. The predicted molar refractivity (Wildman–Crippen MR) is 117 cm³/mol. The number of oxazole rings is 1. The molecule has 1 saturated heterocycles. The summed E-state index contributed by atoms with van der Waals surface area (Å²) >= 11 is 6.04. The van der Waals surface area contributed by atoms with Gasteiger partial charge >= 0.3 is 0 Å². The zero-order valence-electron chi connectivity index (χ0n) is 17.1. The van der Waals surface area contributed by atoms with E-state index in [-0.39, 0.29) is 17.9 Å². The number of piperidine rings is 1. The van der Waals surface area contributed by atoms with Crippen molar-refractivity contribution in [1.82, 2.24) is 15.2 Å². The van der Waals surface area contributed by atoms with Crippen molar-refractivity contribution in [3.63, 3.8) is 0 Å². The number of likely N-dealkylation sites (tertiary alicyclic amines) is 1. The van der Waals surface area contributed by atoms with Crippen LogP contribution in [0.15, 0.2) is 46.9 Å². The smallest absolute Gasteiger partial charge is 0.234 e. The van der Waals surface area contributed by atoms with E-state index in [0.717, 1.165) is 54.4 Å². The highest BCUT2D eigenvalue weighted by molar-refractivity contribution is 6.31. The first kappa shape index (κ1) is 20.2. The summed E-state index contributed by atoms with van der Waals surface area (Å²) in [5.41, 5.74) is 1.55. The largest absolute Gasteiger partial charge is 0.486 e. The summed E-state index contributed by atoms with van der Waals surface area (Å²) in [5.74, 6) is 2.48. The Labute approximate surface area is 185 Å². The van der Waals surface area contributed by atoms with Gasteiger partial charge in [-0.15, -0.1) is 0 Å². The molecule has 0 aliphatic carbocycles. The van der Waals surface area contributed by atoms with Crippen LogP contribution in [0, 0.1) is 0 Å². The molecule has 1 aromatic heterocycles. The second-order valence-corrected chi connectivity index (χ2v) is 8.45. The van der Waals surface area contributed by atoms with E-state index in [1.54, 1.807) is 0 Å². The van der Waals surface area contributed by atoms with E-state index >= 15 is 0 Å². The van der Waals surface area contributed by atoms with Crippen LogP contribution in [-0.2, 0) is 4.79 Å². The normalized spacial score (nSPS) is 19.5. The van der Waals surface area contributed by atoms with Gasteiger partial charge in [0.25, 0.3) is 0 Å². The van der Waals surface area contributed by atoms with E-state index < -0.39 is 0 Å². The van der Waals surface area contributed by atoms with E-state index in [4.69, 9.17) is 25.5 Å². The Morgan fingerprint density at radius 1 is 1.16 bits per heavy atom. The second-order valence-electron chi connectivity index (χ2n) is 8.02. The number of benzene rings is 2. The number of hydrogen-bond donors (Lipinski definition) is 1. The summed E-state index contributed by atoms with van der Waals surface area (Å²) in [4.78, 5) is 19.2. The number of amides is 1. The van der Waals surface area contributed by atoms with Crippen molar-refractivity contribution in [2.45, 2.75) is 24.9 Å². The molecule has 3 aromatic rings. The molecule has 5 rings (SSSR count). The van der Waals surface area contributed by atoms with Crippen LogP contribution < -0.4 is 14.8 Å². The fourth-order valence-electron chi connectivity index (χ4n) is 4.08. The molecule has 1 atom stereocenters. The molecule has 0 bridgehead atoms. The minimum absolute atomic E-state index is 0.00240. The summed E-state index contributed by atoms with van der Waals surface area (Å²) < 4.78 is 17.5. The van der Waals surface area contributed by atoms with Gasteiger partial charge in [0.1, 0.15) is 18.2 Å². The molecule has 2 aliphatic heterocycles. The summed E-state index contributed by atoms with van der Waals surface area (Å²) in [7, 11) is 0. The van der Waals surface area contributed by atoms with Gasteiger partial charge < -0.3 is 19.2 Å². The molecule has 0 spiro atoms. The van der Waals surface area contributed by atoms with Crippen LogP contribution in [-0.4, -0.2) is 54.7 Å². The lowest BCUT2D eigenvalue weighted by molar-refractivity contribution is -0.123. The Morgan fingerprint density at radius 2 is 1.97 bits per heavy atom. The molecular formula is C23H24ClN3O4. The molecule has 7 nitrogen and oxygen atoms in total. The van der Waals surface area contributed by atoms with Crippen molar-refractivity contribution in [3.05, 3.63) is 53.4 Å². The lowest BCUT2D eigenvalue weighted by atomic mass is 9.97. The lowest BCUT2D eigenvalue weighted by Crippen LogP contribution is -2.45. The van der Waals surface area contributed by atoms with Crippen LogP contribution in [0.4, 0.5) is 0 Å². The maximum absolute atomic E-state index is 12.4. The molecule has 1 fully saturated rings. The van der Waals surface area contributed by atoms with E-state index in [1.807, 2.05) is 42.5 Å². The maximum Gasteiger partial charge on any atom is 0.234 e. The van der Waals surface area contributed by atoms with Gasteiger partial charge in [-0.05, 0) is 56.3 Å². The SMILES string of the molecule is O=C(CN1CCC(c2nc3cc(Cl)ccc3o2)CC1)NCC1COc2ccccc2O1. The topological polar surface area (TPSA) is 76.8 Å². The van der Waals surface area contributed by atoms with Gasteiger partial charge in [0.05, 0.1) is 13.1 Å². The molecule has 162 valence electrons. The molecule has 1 unspecified atom stereocenters. The Kier molecular flexibility index (Phi) is 5.70. The van der Waals surface area contributed by atoms with E-state index in [0.29, 0.717) is 24.7 Å². The molecule has 0 radical (unpaired) electrons. The molecule has 1 amide bonds. The minimum atomic E-state index is -0.183. The Balaban J connectivity index is 1.08. The number of halogens is 1. The number of fused-ring (bicyclic) bond motifs is 2. The van der Waals surface area contributed by atoms with Crippen molar-refractivity contribution < 1.29 is 18.7 Å². The number of carbonyl (C=O) groups excluding carboxylic acids is 1. The number of nitrogens with one attached hydrogen (secondary N) is 1. The summed E-state index contributed by atoms with van der Waals surface area (Å²) in [6.07, 6.45) is 1.63. The van der Waals surface area contributed by atoms with Crippen LogP contribution in [0.3, 0.4) is 0 Å². The number of para-hydroxylation sites is 2. The van der Waals surface area contributed by atoms with Gasteiger partial charge in [-0.1, -0.05) is 23.7 Å². The molecule has 1 N–H and O–H groups in total. The van der Waals surface area contributed by atoms with Gasteiger partial charge in [0, 0.05) is 10.9 Å². The number of nitrogens with zero attached hydrogens (tertiary/aromatic N) is 2. The van der Waals surface area contributed by atoms with Crippen molar-refractivity contribution >= 4 is 28.6 Å². The van der Waals surface area contributed by atoms with Crippen LogP contribution in [0.2, 0.25) is 5.02 Å². The molecule has 8 heteroatoms. The zero-order valence-corrected chi connectivity index (χ0v) is 17.8. The van der Waals surface area contributed by atoms with Crippen LogP contribution in [0.1, 0.15) is 24.7 Å². The first-order chi connectivity index (χ1) is 15.1. The van der Waals surface area contributed by atoms with Crippen LogP contribution in [0.25, 0.3) is 11.1 Å². The maximum atomic E-state index is 12.4. The third kappa shape index (κ3) is 4.62. The van der Waals surface area contributed by atoms with Crippen molar-refractivity contribution in [2.75, 3.05) is 32.8 Å². The highest BCUT2D eigenvalue weighted by Gasteiger charge is 2.26. The summed E-state index contributed by atoms with van der Waals surface area (Å²) in [6, 6.07) is 13.1. The third-order valence-electron chi connectivity index (χ3n) is 5.76. The Bertz CT molecular complexity index is 1080. The van der Waals surface area contributed by atoms with Gasteiger partial charge in [-0.25, -0.2) is 4.98 Å². The number of aromatic nitrogens is 1. The molecule has 2 aromatic carbocycles.